The van der Waals surface area contributed by atoms with E-state index in [9.17, 15) is 19.2 Å². The summed E-state index contributed by atoms with van der Waals surface area (Å²) in [6.45, 7) is 12.0. The van der Waals surface area contributed by atoms with Gasteiger partial charge in [-0.25, -0.2) is 39.3 Å². The van der Waals surface area contributed by atoms with E-state index in [1.165, 1.54) is 40.2 Å². The molecule has 0 saturated heterocycles. The molecular formula is C103H135Cl6N21O12. The second-order valence-electron chi connectivity index (χ2n) is 31.7. The van der Waals surface area contributed by atoms with Crippen molar-refractivity contribution in [2.75, 3.05) is 151 Å². The van der Waals surface area contributed by atoms with E-state index >= 15 is 0 Å². The second kappa shape index (κ2) is 55.3. The highest BCUT2D eigenvalue weighted by atomic mass is 35.5. The molecule has 0 spiro atoms. The Labute approximate surface area is 867 Å². The topological polar surface area (TPSA) is 391 Å². The number of rotatable bonds is 30. The summed E-state index contributed by atoms with van der Waals surface area (Å²) in [4.78, 5) is 98.0. The van der Waals surface area contributed by atoms with Crippen molar-refractivity contribution in [3.05, 3.63) is 217 Å². The molecule has 766 valence electrons. The Morgan fingerprint density at radius 3 is 1.15 bits per heavy atom. The van der Waals surface area contributed by atoms with E-state index in [4.69, 9.17) is 137 Å². The summed E-state index contributed by atoms with van der Waals surface area (Å²) in [6, 6.07) is 35.2. The molecule has 0 unspecified atom stereocenters. The highest BCUT2D eigenvalue weighted by molar-refractivity contribution is 6.37. The zero-order chi connectivity index (χ0) is 99.0. The van der Waals surface area contributed by atoms with E-state index in [1.54, 1.807) is 164 Å². The number of urea groups is 3. The number of nitrogens with two attached hydrogens (primary N) is 3. The number of nitrogens with zero attached hydrogens (tertiary/aromatic N) is 14. The van der Waals surface area contributed by atoms with Gasteiger partial charge in [-0.2, -0.15) is 15.0 Å². The Balaban J connectivity index is 0.000000279. The summed E-state index contributed by atoms with van der Waals surface area (Å²) in [5.41, 5.74) is 26.5. The van der Waals surface area contributed by atoms with Gasteiger partial charge in [-0.05, 0) is 140 Å². The third kappa shape index (κ3) is 29.7. The predicted molar refractivity (Wildman–Crippen MR) is 581 cm³/mol. The van der Waals surface area contributed by atoms with Crippen molar-refractivity contribution >= 4 is 180 Å². The molecule has 3 aliphatic heterocycles. The normalized spacial score (nSPS) is 13.8. The fourth-order valence-electron chi connectivity index (χ4n) is 14.4. The number of carbonyl (C=O) groups is 4. The van der Waals surface area contributed by atoms with Crippen LogP contribution >= 0.6 is 69.6 Å². The number of allylic oxidation sites excluding steroid dienone is 1. The van der Waals surface area contributed by atoms with E-state index in [1.807, 2.05) is 60.7 Å². The van der Waals surface area contributed by atoms with E-state index < -0.39 is 0 Å². The summed E-state index contributed by atoms with van der Waals surface area (Å²) >= 11 is 38.0. The highest BCUT2D eigenvalue weighted by Crippen LogP contribution is 2.49. The van der Waals surface area contributed by atoms with Gasteiger partial charge in [0.2, 0.25) is 22.5 Å². The molecule has 0 bridgehead atoms. The molecule has 0 atom stereocenters. The summed E-state index contributed by atoms with van der Waals surface area (Å²) in [6.07, 6.45) is 17.4. The van der Waals surface area contributed by atoms with Gasteiger partial charge in [0.1, 0.15) is 89.4 Å². The first-order valence-electron chi connectivity index (χ1n) is 45.0. The quantitative estimate of drug-likeness (QED) is 0.0125. The summed E-state index contributed by atoms with van der Waals surface area (Å²) in [5, 5.41) is 14.9. The Morgan fingerprint density at radius 2 is 0.768 bits per heavy atom. The maximum absolute atomic E-state index is 13.9. The lowest BCUT2D eigenvalue weighted by Crippen LogP contribution is -2.49. The third-order valence-electron chi connectivity index (χ3n) is 22.4. The smallest absolute Gasteiger partial charge is 0.330 e. The number of ketones is 1. The van der Waals surface area contributed by atoms with E-state index in [2.05, 4.69) is 57.7 Å². The maximum atomic E-state index is 13.9. The average Bonchev–Trinajstić information content (AvgIpc) is 1.19. The van der Waals surface area contributed by atoms with E-state index in [-0.39, 0.29) is 105 Å². The first-order valence-corrected chi connectivity index (χ1v) is 45.9. The molecule has 142 heavy (non-hydrogen) atoms. The van der Waals surface area contributed by atoms with Crippen molar-refractivity contribution in [3.8, 4) is 46.0 Å². The molecule has 10 N–H and O–H groups in total. The molecule has 18 rings (SSSR count). The van der Waals surface area contributed by atoms with Gasteiger partial charge >= 0.3 is 18.1 Å². The molecule has 6 amide bonds. The molecule has 7 aromatic carbocycles. The van der Waals surface area contributed by atoms with Crippen molar-refractivity contribution in [2.45, 2.75) is 156 Å². The number of hydrogen-bond acceptors (Lipinski definition) is 27. The Kier molecular flexibility index (Phi) is 44.4. The Hall–Kier alpha value is -13.2. The van der Waals surface area contributed by atoms with Gasteiger partial charge in [0, 0.05) is 143 Å². The van der Waals surface area contributed by atoms with Crippen LogP contribution in [-0.4, -0.2) is 147 Å². The van der Waals surface area contributed by atoms with Crippen molar-refractivity contribution in [1.29, 1.82) is 0 Å². The number of carbonyl (C=O) groups excluding carboxylic acids is 4. The number of anilines is 15. The van der Waals surface area contributed by atoms with Crippen LogP contribution in [0.2, 0.25) is 30.7 Å². The zero-order valence-corrected chi connectivity index (χ0v) is 81.6. The van der Waals surface area contributed by atoms with Crippen molar-refractivity contribution < 1.29 is 59.8 Å². The van der Waals surface area contributed by atoms with Crippen LogP contribution in [0.1, 0.15) is 154 Å². The number of methoxy groups -OCH3 is 8. The molecule has 4 saturated carbocycles. The summed E-state index contributed by atoms with van der Waals surface area (Å²) in [7, 11) is 12.4. The van der Waals surface area contributed by atoms with Crippen molar-refractivity contribution in [3.63, 3.8) is 0 Å². The number of para-hydroxylation sites is 5. The maximum Gasteiger partial charge on any atom is 0.330 e. The number of nitrogens with one attached hydrogen (secondary N) is 4. The molecular weight excluding hydrogens is 1940 g/mol. The molecule has 39 heteroatoms. The van der Waals surface area contributed by atoms with Gasteiger partial charge in [-0.3, -0.25) is 34.2 Å². The van der Waals surface area contributed by atoms with Crippen LogP contribution < -0.4 is 106 Å². The van der Waals surface area contributed by atoms with Crippen LogP contribution in [-0.2, 0) is 37.4 Å². The Morgan fingerprint density at radius 1 is 0.423 bits per heavy atom. The standard InChI is InChI=1S/C28H28ClN5O4.C24H25ClN6O3.C18H18Cl2N4O3.C17H20Cl2N4O2.C6H8N2.2C2H6.6CH4/c1-4-20(35)11-18-7-5-6-8-22(18)31-27-30-14-19-16-33(23-12-21(37-2)13-24(38-3)25(23)29)28(36)34(26(19)32-27)15-17-9-10-17;1-33-16-9-19(21(25)20(10-16)34-2)30-13-15-11-27-23(28-18-6-4-3-5-17(18)26)29-22(15)31(24(30)32)12-14-7-8-14;1-26-12-5-13(15(19)14(6-12)27-2)23-9-11-7-21-17(20)22-16(11)24(18(23)25)8-10-3-4-10;1-24-12-5-13(15(18)14(6-12)25-2)20-8-11-9-22-17(19)23-16(11)21-7-10-3-4-10;7-5-3-1-2-4-6(5)8;2*1-2;;;;;;/h4-8,12-14,17H,1,9-11,15-16H2,2-3H3,(H,30,31,32);3-6,9-11,14H,7-8,12-13,26H2,1-2H3,(H,27,28,29);5-7,10H,3-4,8-9H2,1-2H3;5-6,9-10,20H,3-4,7-8H2,1-2H3,(H,21,22,23);1-4H,7-8H2;2*1-2H3;6*1H4/i;;;;;2*1D;;;;;;. The van der Waals surface area contributed by atoms with Crippen LogP contribution in [0.4, 0.5) is 101 Å². The largest absolute Gasteiger partial charge is 0.497 e. The van der Waals surface area contributed by atoms with Crippen LogP contribution in [0.15, 0.2) is 159 Å². The van der Waals surface area contributed by atoms with Gasteiger partial charge < -0.3 is 76.4 Å². The number of fused-ring (bicyclic) bond motifs is 3. The van der Waals surface area contributed by atoms with Crippen LogP contribution in [0, 0.1) is 23.7 Å². The molecule has 4 aromatic heterocycles. The van der Waals surface area contributed by atoms with E-state index in [0.717, 1.165) is 90.3 Å². The zero-order valence-electron chi connectivity index (χ0n) is 79.0. The second-order valence-corrected chi connectivity index (χ2v) is 33.9. The highest BCUT2D eigenvalue weighted by Gasteiger charge is 2.42. The van der Waals surface area contributed by atoms with Gasteiger partial charge in [0.05, 0.1) is 122 Å². The molecule has 7 heterocycles. The molecule has 4 aliphatic carbocycles. The molecule has 4 fully saturated rings. The molecule has 11 aromatic rings. The first-order chi connectivity index (χ1) is 66.6. The first kappa shape index (κ1) is 114. The van der Waals surface area contributed by atoms with Gasteiger partial charge in [0.25, 0.3) is 0 Å². The minimum atomic E-state index is -0.233. The van der Waals surface area contributed by atoms with Crippen LogP contribution in [0.3, 0.4) is 0 Å². The minimum Gasteiger partial charge on any atom is -0.497 e. The number of halogens is 6. The number of amides is 6. The van der Waals surface area contributed by atoms with Crippen molar-refractivity contribution in [1.82, 2.24) is 39.9 Å². The molecule has 7 aliphatic rings. The monoisotopic (exact) mass is 2070 g/mol. The summed E-state index contributed by atoms with van der Waals surface area (Å²) < 4.78 is 55.3. The average molecular weight is 2070 g/mol. The predicted octanol–water partition coefficient (Wildman–Crippen LogP) is 25.5. The number of nitrogen functional groups attached to an aromatic ring is 3. The minimum absolute atomic E-state index is 0. The number of hydrogen-bond donors (Lipinski definition) is 7. The fraction of sp³-hybridized carbons (Fsp3) is 0.379. The third-order valence-corrected chi connectivity index (χ3v) is 24.2. The van der Waals surface area contributed by atoms with Crippen LogP contribution in [0.25, 0.3) is 0 Å². The summed E-state index contributed by atoms with van der Waals surface area (Å²) in [5.74, 6) is 9.24. The molecule has 33 nitrogen and oxygen atoms in total. The van der Waals surface area contributed by atoms with Crippen LogP contribution in [0.5, 0.6) is 46.0 Å². The van der Waals surface area contributed by atoms with Gasteiger partial charge in [0.15, 0.2) is 5.78 Å². The lowest BCUT2D eigenvalue weighted by Gasteiger charge is -2.36. The Bertz CT molecular complexity index is 6110. The number of benzene rings is 7. The fourth-order valence-corrected chi connectivity index (χ4v) is 15.7. The number of aromatic nitrogens is 8. The van der Waals surface area contributed by atoms with E-state index in [0.29, 0.717) is 199 Å². The lowest BCUT2D eigenvalue weighted by atomic mass is 10.1. The van der Waals surface area contributed by atoms with Gasteiger partial charge in [-0.1, -0.05) is 168 Å². The number of ether oxygens (including phenoxy) is 8. The van der Waals surface area contributed by atoms with Crippen molar-refractivity contribution in [2.24, 2.45) is 23.7 Å². The lowest BCUT2D eigenvalue weighted by molar-refractivity contribution is -0.114. The van der Waals surface area contributed by atoms with Gasteiger partial charge in [-0.15, -0.1) is 0 Å². The SMILES string of the molecule is C.C.C.C.C.C.C=CC(=O)Cc1ccccc1Nc1ncc2c(n1)N(CC1CC1)C(=O)N(c1cc(OC)cc(OC)c1Cl)C2.COc1cc(NCc2cnc(Cl)nc2NCC2CC2)c(Cl)c(OC)c1.COc1cc(OC)c(Cl)c(N2Cc3cnc(Cl)nc3N(CC3CC3)C2=O)c1.COc1cc(OC)c(Cl)c(N2Cc3cnc(Nc4ccccc4N)nc3N(CC3CC3)C2=O)c1.Nc1ccccc1N.[2H]CC.[2H]CC. The molecule has 0 radical (unpaired) electrons.